The summed E-state index contributed by atoms with van der Waals surface area (Å²) in [6.07, 6.45) is 0.419. The minimum Gasteiger partial charge on any atom is -0.462 e. The van der Waals surface area contributed by atoms with Crippen LogP contribution in [0.15, 0.2) is 18.2 Å². The van der Waals surface area contributed by atoms with Crippen molar-refractivity contribution < 1.29 is 14.3 Å². The lowest BCUT2D eigenvalue weighted by molar-refractivity contribution is 0.0525. The Kier molecular flexibility index (Phi) is 6.11. The standard InChI is InChI=1S/C12H12BrIO3/c1-2-17-12(16)9-5-3-4-8(11(9)14)10(15)6-7-13/h3-5H,2,6-7H2,1H3. The number of carbonyl (C=O) groups excluding carboxylic acids is 2. The molecular weight excluding hydrogens is 399 g/mol. The molecule has 0 atom stereocenters. The number of ketones is 1. The Morgan fingerprint density at radius 2 is 2.00 bits per heavy atom. The number of hydrogen-bond donors (Lipinski definition) is 0. The van der Waals surface area contributed by atoms with Gasteiger partial charge < -0.3 is 4.74 Å². The van der Waals surface area contributed by atoms with Crippen LogP contribution in [0.3, 0.4) is 0 Å². The molecule has 0 aliphatic carbocycles. The first-order valence-corrected chi connectivity index (χ1v) is 7.36. The van der Waals surface area contributed by atoms with Crippen molar-refractivity contribution in [3.8, 4) is 0 Å². The number of rotatable bonds is 5. The predicted molar refractivity (Wildman–Crippen MR) is 77.9 cm³/mol. The number of ether oxygens (including phenoxy) is 1. The molecule has 0 aromatic heterocycles. The summed E-state index contributed by atoms with van der Waals surface area (Å²) in [5, 5.41) is 0.617. The molecule has 0 amide bonds. The normalized spacial score (nSPS) is 10.1. The third-order valence-corrected chi connectivity index (χ3v) is 3.67. The first-order valence-electron chi connectivity index (χ1n) is 5.16. The first-order chi connectivity index (χ1) is 8.11. The smallest absolute Gasteiger partial charge is 0.339 e. The second-order valence-corrected chi connectivity index (χ2v) is 5.12. The Balaban J connectivity index is 3.07. The van der Waals surface area contributed by atoms with Gasteiger partial charge in [-0.2, -0.15) is 0 Å². The van der Waals surface area contributed by atoms with E-state index in [9.17, 15) is 9.59 Å². The molecule has 17 heavy (non-hydrogen) atoms. The highest BCUT2D eigenvalue weighted by Gasteiger charge is 2.17. The number of benzene rings is 1. The Labute approximate surface area is 122 Å². The number of halogens is 2. The molecule has 0 aliphatic heterocycles. The fourth-order valence-electron chi connectivity index (χ4n) is 1.33. The van der Waals surface area contributed by atoms with Crippen molar-refractivity contribution in [3.63, 3.8) is 0 Å². The molecule has 0 bridgehead atoms. The third-order valence-electron chi connectivity index (χ3n) is 2.12. The van der Waals surface area contributed by atoms with E-state index in [-0.39, 0.29) is 11.8 Å². The van der Waals surface area contributed by atoms with E-state index in [1.807, 2.05) is 22.6 Å². The van der Waals surface area contributed by atoms with Crippen LogP contribution < -0.4 is 0 Å². The van der Waals surface area contributed by atoms with E-state index in [2.05, 4.69) is 15.9 Å². The molecule has 0 saturated heterocycles. The largest absolute Gasteiger partial charge is 0.462 e. The van der Waals surface area contributed by atoms with Crippen molar-refractivity contribution in [2.75, 3.05) is 11.9 Å². The molecule has 0 fully saturated rings. The number of carbonyl (C=O) groups is 2. The van der Waals surface area contributed by atoms with Gasteiger partial charge in [0, 0.05) is 20.9 Å². The lowest BCUT2D eigenvalue weighted by atomic mass is 10.1. The van der Waals surface area contributed by atoms with E-state index >= 15 is 0 Å². The maximum atomic E-state index is 11.8. The number of esters is 1. The summed E-state index contributed by atoms with van der Waals surface area (Å²) in [7, 11) is 0. The molecule has 0 spiro atoms. The van der Waals surface area contributed by atoms with Gasteiger partial charge in [0.15, 0.2) is 5.78 Å². The molecule has 92 valence electrons. The second kappa shape index (κ2) is 7.10. The SMILES string of the molecule is CCOC(=O)c1cccc(C(=O)CCBr)c1I. The fraction of sp³-hybridized carbons (Fsp3) is 0.333. The summed E-state index contributed by atoms with van der Waals surface area (Å²) in [4.78, 5) is 23.5. The van der Waals surface area contributed by atoms with E-state index in [1.165, 1.54) is 0 Å². The molecule has 3 nitrogen and oxygen atoms in total. The second-order valence-electron chi connectivity index (χ2n) is 3.25. The predicted octanol–water partition coefficient (Wildman–Crippen LogP) is 3.44. The number of Topliss-reactive ketones (excluding diaryl/α,β-unsaturated/α-hetero) is 1. The van der Waals surface area contributed by atoms with Crippen LogP contribution in [-0.2, 0) is 4.74 Å². The molecule has 5 heteroatoms. The van der Waals surface area contributed by atoms with Crippen molar-refractivity contribution in [1.82, 2.24) is 0 Å². The Hall–Kier alpha value is -0.430. The van der Waals surface area contributed by atoms with Crippen molar-refractivity contribution in [3.05, 3.63) is 32.9 Å². The van der Waals surface area contributed by atoms with Crippen molar-refractivity contribution in [1.29, 1.82) is 0 Å². The zero-order valence-electron chi connectivity index (χ0n) is 9.33. The fourth-order valence-corrected chi connectivity index (χ4v) is 2.58. The highest BCUT2D eigenvalue weighted by Crippen LogP contribution is 2.20. The zero-order valence-corrected chi connectivity index (χ0v) is 13.1. The summed E-state index contributed by atoms with van der Waals surface area (Å²) in [5.41, 5.74) is 1.03. The first kappa shape index (κ1) is 14.6. The van der Waals surface area contributed by atoms with E-state index < -0.39 is 0 Å². The minimum absolute atomic E-state index is 0.0254. The van der Waals surface area contributed by atoms with Crippen molar-refractivity contribution >= 4 is 50.3 Å². The van der Waals surface area contributed by atoms with Crippen LogP contribution in [0.1, 0.15) is 34.1 Å². The van der Waals surface area contributed by atoms with Gasteiger partial charge in [0.1, 0.15) is 0 Å². The summed E-state index contributed by atoms with van der Waals surface area (Å²) in [6, 6.07) is 5.11. The van der Waals surface area contributed by atoms with Gasteiger partial charge in [-0.1, -0.05) is 28.1 Å². The van der Waals surface area contributed by atoms with Gasteiger partial charge in [0.2, 0.25) is 0 Å². The molecule has 0 N–H and O–H groups in total. The van der Waals surface area contributed by atoms with Crippen LogP contribution >= 0.6 is 38.5 Å². The highest BCUT2D eigenvalue weighted by atomic mass is 127. The van der Waals surface area contributed by atoms with Gasteiger partial charge in [-0.3, -0.25) is 4.79 Å². The summed E-state index contributed by atoms with van der Waals surface area (Å²) in [6.45, 7) is 2.08. The zero-order chi connectivity index (χ0) is 12.8. The van der Waals surface area contributed by atoms with E-state index in [1.54, 1.807) is 25.1 Å². The third kappa shape index (κ3) is 3.77. The van der Waals surface area contributed by atoms with Crippen LogP contribution in [-0.4, -0.2) is 23.7 Å². The van der Waals surface area contributed by atoms with Gasteiger partial charge >= 0.3 is 5.97 Å². The average molecular weight is 411 g/mol. The van der Waals surface area contributed by atoms with Crippen LogP contribution in [0.5, 0.6) is 0 Å². The lowest BCUT2D eigenvalue weighted by Gasteiger charge is -2.08. The van der Waals surface area contributed by atoms with Crippen LogP contribution in [0.25, 0.3) is 0 Å². The quantitative estimate of drug-likeness (QED) is 0.323. The molecule has 0 aliphatic rings. The maximum absolute atomic E-state index is 11.8. The van der Waals surface area contributed by atoms with Gasteiger partial charge in [-0.25, -0.2) is 4.79 Å². The molecule has 0 radical (unpaired) electrons. The molecule has 0 unspecified atom stereocenters. The summed E-state index contributed by atoms with van der Waals surface area (Å²) in [5.74, 6) is -0.359. The Bertz CT molecular complexity index is 396. The molecule has 1 aromatic carbocycles. The Morgan fingerprint density at radius 3 is 2.59 bits per heavy atom. The van der Waals surface area contributed by atoms with Crippen molar-refractivity contribution in [2.45, 2.75) is 13.3 Å². The van der Waals surface area contributed by atoms with Crippen LogP contribution in [0, 0.1) is 3.57 Å². The molecule has 1 aromatic rings. The van der Waals surface area contributed by atoms with Crippen LogP contribution in [0.2, 0.25) is 0 Å². The maximum Gasteiger partial charge on any atom is 0.339 e. The summed E-state index contributed by atoms with van der Waals surface area (Å²) < 4.78 is 5.60. The van der Waals surface area contributed by atoms with Gasteiger partial charge in [0.05, 0.1) is 12.2 Å². The highest BCUT2D eigenvalue weighted by molar-refractivity contribution is 14.1. The van der Waals surface area contributed by atoms with Crippen molar-refractivity contribution in [2.24, 2.45) is 0 Å². The van der Waals surface area contributed by atoms with E-state index in [4.69, 9.17) is 4.74 Å². The van der Waals surface area contributed by atoms with Gasteiger partial charge in [-0.05, 0) is 35.6 Å². The number of alkyl halides is 1. The molecular formula is C12H12BrIO3. The monoisotopic (exact) mass is 410 g/mol. The minimum atomic E-state index is -0.384. The van der Waals surface area contributed by atoms with E-state index in [0.29, 0.717) is 33.1 Å². The summed E-state index contributed by atoms with van der Waals surface area (Å²) >= 11 is 5.24. The Morgan fingerprint density at radius 1 is 1.35 bits per heavy atom. The molecule has 0 saturated carbocycles. The topological polar surface area (TPSA) is 43.4 Å². The van der Waals surface area contributed by atoms with Gasteiger partial charge in [0.25, 0.3) is 0 Å². The molecule has 0 heterocycles. The van der Waals surface area contributed by atoms with E-state index in [0.717, 1.165) is 0 Å². The average Bonchev–Trinajstić information content (AvgIpc) is 2.29. The van der Waals surface area contributed by atoms with Gasteiger partial charge in [-0.15, -0.1) is 0 Å². The lowest BCUT2D eigenvalue weighted by Crippen LogP contribution is -2.11. The molecule has 1 rings (SSSR count). The number of hydrogen-bond acceptors (Lipinski definition) is 3. The van der Waals surface area contributed by atoms with Crippen LogP contribution in [0.4, 0.5) is 0 Å².